The molecule has 1 fully saturated rings. The maximum Gasteiger partial charge on any atom is 0.253 e. The highest BCUT2D eigenvalue weighted by atomic mass is 16.5. The summed E-state index contributed by atoms with van der Waals surface area (Å²) in [6.07, 6.45) is 11.3. The van der Waals surface area contributed by atoms with Gasteiger partial charge in [-0.05, 0) is 30.9 Å². The molecule has 0 radical (unpaired) electrons. The molecular weight excluding hydrogens is 302 g/mol. The van der Waals surface area contributed by atoms with E-state index in [2.05, 4.69) is 35.4 Å². The highest BCUT2D eigenvalue weighted by Crippen LogP contribution is 2.26. The van der Waals surface area contributed by atoms with Gasteiger partial charge in [-0.15, -0.1) is 6.42 Å². The van der Waals surface area contributed by atoms with Crippen LogP contribution < -0.4 is 10.6 Å². The minimum absolute atomic E-state index is 0.202. The van der Waals surface area contributed by atoms with Gasteiger partial charge in [0, 0.05) is 18.8 Å². The van der Waals surface area contributed by atoms with Crippen molar-refractivity contribution in [2.45, 2.75) is 51.7 Å². The summed E-state index contributed by atoms with van der Waals surface area (Å²) in [5, 5.41) is 6.10. The standard InChI is InChI=1S/C19H27N3O2/c1-4-10-20-19(23)15-7-8-18(21-13-15)22-16-9-11-24-17(12-16)14(5-2)6-3/h1,7-8,13-14,16-17H,5-6,9-12H2,2-3H3,(H,20,23)(H,21,22). The number of aromatic nitrogens is 1. The molecule has 2 atom stereocenters. The van der Waals surface area contributed by atoms with Crippen LogP contribution in [0.2, 0.25) is 0 Å². The Morgan fingerprint density at radius 1 is 1.46 bits per heavy atom. The maximum atomic E-state index is 11.8. The summed E-state index contributed by atoms with van der Waals surface area (Å²) in [4.78, 5) is 16.2. The molecule has 5 nitrogen and oxygen atoms in total. The Balaban J connectivity index is 1.91. The van der Waals surface area contributed by atoms with Crippen LogP contribution in [0.25, 0.3) is 0 Å². The Morgan fingerprint density at radius 3 is 2.88 bits per heavy atom. The van der Waals surface area contributed by atoms with Crippen LogP contribution in [0.5, 0.6) is 0 Å². The lowest BCUT2D eigenvalue weighted by atomic mass is 9.89. The highest BCUT2D eigenvalue weighted by Gasteiger charge is 2.27. The topological polar surface area (TPSA) is 63.2 Å². The number of terminal acetylenes is 1. The fourth-order valence-electron chi connectivity index (χ4n) is 3.16. The summed E-state index contributed by atoms with van der Waals surface area (Å²) in [5.41, 5.74) is 0.512. The van der Waals surface area contributed by atoms with E-state index < -0.39 is 0 Å². The van der Waals surface area contributed by atoms with E-state index in [9.17, 15) is 4.79 Å². The van der Waals surface area contributed by atoms with Gasteiger partial charge in [0.25, 0.3) is 5.91 Å². The van der Waals surface area contributed by atoms with Gasteiger partial charge in [0.15, 0.2) is 0 Å². The van der Waals surface area contributed by atoms with Crippen LogP contribution in [-0.4, -0.2) is 36.2 Å². The van der Waals surface area contributed by atoms with Crippen LogP contribution in [0.3, 0.4) is 0 Å². The van der Waals surface area contributed by atoms with Crippen molar-refractivity contribution in [2.24, 2.45) is 5.92 Å². The fourth-order valence-corrected chi connectivity index (χ4v) is 3.16. The number of nitrogens with zero attached hydrogens (tertiary/aromatic N) is 1. The van der Waals surface area contributed by atoms with E-state index in [0.717, 1.165) is 38.1 Å². The molecule has 0 saturated carbocycles. The molecule has 1 aromatic heterocycles. The molecule has 0 aromatic carbocycles. The molecule has 1 aliphatic heterocycles. The minimum Gasteiger partial charge on any atom is -0.378 e. The van der Waals surface area contributed by atoms with Crippen molar-refractivity contribution in [2.75, 3.05) is 18.5 Å². The van der Waals surface area contributed by atoms with Gasteiger partial charge in [-0.25, -0.2) is 4.98 Å². The Labute approximate surface area is 144 Å². The third-order valence-corrected chi connectivity index (χ3v) is 4.62. The summed E-state index contributed by atoms with van der Waals surface area (Å²) in [6, 6.07) is 3.96. The van der Waals surface area contributed by atoms with E-state index in [-0.39, 0.29) is 12.5 Å². The molecule has 5 heteroatoms. The second kappa shape index (κ2) is 9.29. The second-order valence-electron chi connectivity index (χ2n) is 6.17. The largest absolute Gasteiger partial charge is 0.378 e. The van der Waals surface area contributed by atoms with Crippen molar-refractivity contribution in [3.8, 4) is 12.3 Å². The third-order valence-electron chi connectivity index (χ3n) is 4.62. The van der Waals surface area contributed by atoms with Crippen LogP contribution >= 0.6 is 0 Å². The first-order valence-electron chi connectivity index (χ1n) is 8.73. The summed E-state index contributed by atoms with van der Waals surface area (Å²) >= 11 is 0. The van der Waals surface area contributed by atoms with Gasteiger partial charge in [0.2, 0.25) is 0 Å². The highest BCUT2D eigenvalue weighted by molar-refractivity contribution is 5.94. The summed E-state index contributed by atoms with van der Waals surface area (Å²) < 4.78 is 5.95. The molecule has 2 unspecified atom stereocenters. The van der Waals surface area contributed by atoms with Gasteiger partial charge in [-0.2, -0.15) is 0 Å². The molecule has 1 saturated heterocycles. The number of ether oxygens (including phenoxy) is 1. The normalized spacial score (nSPS) is 20.4. The lowest BCUT2D eigenvalue weighted by Gasteiger charge is -2.34. The quantitative estimate of drug-likeness (QED) is 0.755. The van der Waals surface area contributed by atoms with Crippen molar-refractivity contribution in [1.82, 2.24) is 10.3 Å². The molecule has 130 valence electrons. The number of nitrogens with one attached hydrogen (secondary N) is 2. The van der Waals surface area contributed by atoms with E-state index in [1.54, 1.807) is 12.3 Å². The van der Waals surface area contributed by atoms with E-state index >= 15 is 0 Å². The monoisotopic (exact) mass is 329 g/mol. The van der Waals surface area contributed by atoms with Crippen molar-refractivity contribution in [3.05, 3.63) is 23.9 Å². The van der Waals surface area contributed by atoms with Crippen LogP contribution in [0, 0.1) is 18.3 Å². The second-order valence-corrected chi connectivity index (χ2v) is 6.17. The number of carbonyl (C=O) groups is 1. The average molecular weight is 329 g/mol. The van der Waals surface area contributed by atoms with Crippen molar-refractivity contribution >= 4 is 11.7 Å². The van der Waals surface area contributed by atoms with E-state index in [0.29, 0.717) is 23.6 Å². The number of pyridine rings is 1. The third kappa shape index (κ3) is 4.97. The molecule has 0 bridgehead atoms. The van der Waals surface area contributed by atoms with Gasteiger partial charge in [0.1, 0.15) is 5.82 Å². The van der Waals surface area contributed by atoms with Crippen molar-refractivity contribution in [3.63, 3.8) is 0 Å². The van der Waals surface area contributed by atoms with Gasteiger partial charge in [-0.1, -0.05) is 32.6 Å². The smallest absolute Gasteiger partial charge is 0.253 e. The number of carbonyl (C=O) groups excluding carboxylic acids is 1. The SMILES string of the molecule is C#CCNC(=O)c1ccc(NC2CCOC(C(CC)CC)C2)nc1. The molecule has 2 rings (SSSR count). The van der Waals surface area contributed by atoms with E-state index in [1.165, 1.54) is 0 Å². The number of amides is 1. The van der Waals surface area contributed by atoms with Crippen LogP contribution in [0.4, 0.5) is 5.82 Å². The predicted molar refractivity (Wildman–Crippen MR) is 95.9 cm³/mol. The van der Waals surface area contributed by atoms with Crippen LogP contribution in [-0.2, 0) is 4.74 Å². The molecule has 0 aliphatic carbocycles. The zero-order valence-electron chi connectivity index (χ0n) is 14.5. The summed E-state index contributed by atoms with van der Waals surface area (Å²) in [7, 11) is 0. The number of rotatable bonds is 7. The maximum absolute atomic E-state index is 11.8. The lowest BCUT2D eigenvalue weighted by molar-refractivity contribution is -0.0271. The number of anilines is 1. The zero-order valence-corrected chi connectivity index (χ0v) is 14.5. The molecule has 0 spiro atoms. The summed E-state index contributed by atoms with van der Waals surface area (Å²) in [6.45, 7) is 5.45. The molecule has 2 heterocycles. The summed E-state index contributed by atoms with van der Waals surface area (Å²) in [5.74, 6) is 3.58. The molecule has 24 heavy (non-hydrogen) atoms. The Hall–Kier alpha value is -2.06. The Kier molecular flexibility index (Phi) is 7.07. The molecular formula is C19H27N3O2. The van der Waals surface area contributed by atoms with Crippen LogP contribution in [0.1, 0.15) is 49.9 Å². The Morgan fingerprint density at radius 2 is 2.25 bits per heavy atom. The molecule has 1 aromatic rings. The van der Waals surface area contributed by atoms with Crippen LogP contribution in [0.15, 0.2) is 18.3 Å². The van der Waals surface area contributed by atoms with Gasteiger partial charge >= 0.3 is 0 Å². The lowest BCUT2D eigenvalue weighted by Crippen LogP contribution is -2.38. The number of hydrogen-bond acceptors (Lipinski definition) is 4. The first kappa shape index (κ1) is 18.3. The van der Waals surface area contributed by atoms with Gasteiger partial charge < -0.3 is 15.4 Å². The van der Waals surface area contributed by atoms with E-state index in [4.69, 9.17) is 11.2 Å². The first-order chi connectivity index (χ1) is 11.7. The zero-order chi connectivity index (χ0) is 17.4. The van der Waals surface area contributed by atoms with Gasteiger partial charge in [-0.3, -0.25) is 4.79 Å². The Bertz CT molecular complexity index is 561. The molecule has 2 N–H and O–H groups in total. The molecule has 1 aliphatic rings. The first-order valence-corrected chi connectivity index (χ1v) is 8.73. The minimum atomic E-state index is -0.202. The van der Waals surface area contributed by atoms with Crippen molar-refractivity contribution < 1.29 is 9.53 Å². The fraction of sp³-hybridized carbons (Fsp3) is 0.579. The average Bonchev–Trinajstić information content (AvgIpc) is 2.62. The van der Waals surface area contributed by atoms with Crippen molar-refractivity contribution in [1.29, 1.82) is 0 Å². The predicted octanol–water partition coefficient (Wildman–Crippen LogP) is 2.84. The van der Waals surface area contributed by atoms with Gasteiger partial charge in [0.05, 0.1) is 18.2 Å². The number of hydrogen-bond donors (Lipinski definition) is 2. The molecule has 1 amide bonds. The van der Waals surface area contributed by atoms with E-state index in [1.807, 2.05) is 6.07 Å².